The molecule has 1 aromatic heterocycles. The van der Waals surface area contributed by atoms with Crippen LogP contribution in [0.25, 0.3) is 0 Å². The van der Waals surface area contributed by atoms with Crippen molar-refractivity contribution < 1.29 is 14.3 Å². The minimum atomic E-state index is -0.0846. The van der Waals surface area contributed by atoms with Crippen molar-refractivity contribution in [1.29, 1.82) is 0 Å². The largest absolute Gasteiger partial charge is 0.497 e. The lowest BCUT2D eigenvalue weighted by atomic mass is 10.2. The third-order valence-corrected chi connectivity index (χ3v) is 5.13. The highest BCUT2D eigenvalue weighted by Gasteiger charge is 2.20. The normalized spacial score (nSPS) is 14.6. The summed E-state index contributed by atoms with van der Waals surface area (Å²) in [6.07, 6.45) is 5.02. The summed E-state index contributed by atoms with van der Waals surface area (Å²) in [5, 5.41) is 7.10. The lowest BCUT2D eigenvalue weighted by Gasteiger charge is -2.34. The molecule has 156 valence electrons. The van der Waals surface area contributed by atoms with Gasteiger partial charge in [-0.05, 0) is 36.8 Å². The molecule has 29 heavy (non-hydrogen) atoms. The zero-order valence-corrected chi connectivity index (χ0v) is 16.9. The van der Waals surface area contributed by atoms with E-state index in [0.29, 0.717) is 18.5 Å². The van der Waals surface area contributed by atoms with Crippen LogP contribution in [0.4, 0.5) is 0 Å². The van der Waals surface area contributed by atoms with Gasteiger partial charge in [-0.3, -0.25) is 19.2 Å². The fourth-order valence-corrected chi connectivity index (χ4v) is 3.38. The van der Waals surface area contributed by atoms with Gasteiger partial charge >= 0.3 is 0 Å². The second-order valence-corrected chi connectivity index (χ2v) is 7.08. The SMILES string of the molecule is COc1ccc(C(=O)NCCN2CCN(C(=O)CCCn3cccn3)CC2)cc1. The molecular weight excluding hydrogens is 370 g/mol. The summed E-state index contributed by atoms with van der Waals surface area (Å²) in [5.41, 5.74) is 0.622. The molecule has 2 heterocycles. The molecule has 8 nitrogen and oxygen atoms in total. The molecule has 0 atom stereocenters. The predicted octanol–water partition coefficient (Wildman–Crippen LogP) is 1.25. The lowest BCUT2D eigenvalue weighted by Crippen LogP contribution is -2.50. The Morgan fingerprint density at radius 1 is 1.10 bits per heavy atom. The van der Waals surface area contributed by atoms with E-state index in [4.69, 9.17) is 4.74 Å². The van der Waals surface area contributed by atoms with E-state index in [9.17, 15) is 9.59 Å². The first-order chi connectivity index (χ1) is 14.2. The van der Waals surface area contributed by atoms with Crippen molar-refractivity contribution in [3.63, 3.8) is 0 Å². The Bertz CT molecular complexity index is 768. The smallest absolute Gasteiger partial charge is 0.251 e. The first-order valence-electron chi connectivity index (χ1n) is 10.1. The summed E-state index contributed by atoms with van der Waals surface area (Å²) >= 11 is 0. The number of rotatable bonds is 9. The van der Waals surface area contributed by atoms with Crippen LogP contribution in [-0.2, 0) is 11.3 Å². The molecule has 0 bridgehead atoms. The molecule has 0 unspecified atom stereocenters. The summed E-state index contributed by atoms with van der Waals surface area (Å²) in [4.78, 5) is 28.8. The number of hydrogen-bond donors (Lipinski definition) is 1. The summed E-state index contributed by atoms with van der Waals surface area (Å²) < 4.78 is 6.96. The minimum Gasteiger partial charge on any atom is -0.497 e. The average molecular weight is 399 g/mol. The van der Waals surface area contributed by atoms with Gasteiger partial charge in [0.2, 0.25) is 5.91 Å². The van der Waals surface area contributed by atoms with Crippen molar-refractivity contribution in [2.45, 2.75) is 19.4 Å². The molecule has 0 saturated carbocycles. The monoisotopic (exact) mass is 399 g/mol. The zero-order chi connectivity index (χ0) is 20.5. The molecule has 0 aliphatic carbocycles. The third-order valence-electron chi connectivity index (χ3n) is 5.13. The Morgan fingerprint density at radius 2 is 1.86 bits per heavy atom. The van der Waals surface area contributed by atoms with Gasteiger partial charge < -0.3 is 15.0 Å². The van der Waals surface area contributed by atoms with E-state index in [1.165, 1.54) is 0 Å². The van der Waals surface area contributed by atoms with Gasteiger partial charge in [0.15, 0.2) is 0 Å². The molecule has 1 aromatic carbocycles. The van der Waals surface area contributed by atoms with Crippen LogP contribution in [0.2, 0.25) is 0 Å². The van der Waals surface area contributed by atoms with Gasteiger partial charge in [0.1, 0.15) is 5.75 Å². The first kappa shape index (κ1) is 20.9. The van der Waals surface area contributed by atoms with E-state index in [1.54, 1.807) is 37.6 Å². The highest BCUT2D eigenvalue weighted by molar-refractivity contribution is 5.94. The molecule has 8 heteroatoms. The first-order valence-corrected chi connectivity index (χ1v) is 10.1. The third kappa shape index (κ3) is 6.32. The number of hydrogen-bond acceptors (Lipinski definition) is 5. The standard InChI is InChI=1S/C21H29N5O3/c1-29-19-7-5-18(6-8-19)21(28)22-10-13-24-14-16-25(17-15-24)20(27)4-2-11-26-12-3-9-23-26/h3,5-9,12H,2,4,10-11,13-17H2,1H3,(H,22,28). The Balaban J connectivity index is 1.30. The molecular formula is C21H29N5O3. The predicted molar refractivity (Wildman–Crippen MR) is 110 cm³/mol. The van der Waals surface area contributed by atoms with Crippen molar-refractivity contribution >= 4 is 11.8 Å². The maximum atomic E-state index is 12.4. The number of aryl methyl sites for hydroxylation is 1. The van der Waals surface area contributed by atoms with E-state index in [1.807, 2.05) is 21.8 Å². The molecule has 1 fully saturated rings. The number of carbonyl (C=O) groups is 2. The van der Waals surface area contributed by atoms with Gasteiger partial charge in [-0.2, -0.15) is 5.10 Å². The number of nitrogens with one attached hydrogen (secondary N) is 1. The van der Waals surface area contributed by atoms with Gasteiger partial charge in [0.05, 0.1) is 7.11 Å². The molecule has 0 radical (unpaired) electrons. The Hall–Kier alpha value is -2.87. The molecule has 1 aliphatic heterocycles. The van der Waals surface area contributed by atoms with Crippen LogP contribution in [-0.4, -0.2) is 77.8 Å². The van der Waals surface area contributed by atoms with Crippen LogP contribution < -0.4 is 10.1 Å². The van der Waals surface area contributed by atoms with Crippen LogP contribution in [0.1, 0.15) is 23.2 Å². The van der Waals surface area contributed by atoms with Crippen molar-refractivity contribution in [3.8, 4) is 5.75 Å². The second-order valence-electron chi connectivity index (χ2n) is 7.08. The van der Waals surface area contributed by atoms with Crippen molar-refractivity contribution in [1.82, 2.24) is 24.9 Å². The molecule has 1 saturated heterocycles. The second kappa shape index (κ2) is 10.6. The number of nitrogens with zero attached hydrogens (tertiary/aromatic N) is 4. The Kier molecular flexibility index (Phi) is 7.63. The number of ether oxygens (including phenoxy) is 1. The number of methoxy groups -OCH3 is 1. The van der Waals surface area contributed by atoms with Gasteiger partial charge in [-0.15, -0.1) is 0 Å². The number of amides is 2. The van der Waals surface area contributed by atoms with Crippen LogP contribution in [0, 0.1) is 0 Å². The number of piperazine rings is 1. The summed E-state index contributed by atoms with van der Waals surface area (Å²) in [6.45, 7) is 5.30. The molecule has 3 rings (SSSR count). The number of aromatic nitrogens is 2. The van der Waals surface area contributed by atoms with Gasteiger partial charge in [-0.1, -0.05) is 0 Å². The van der Waals surface area contributed by atoms with E-state index >= 15 is 0 Å². The van der Waals surface area contributed by atoms with E-state index in [-0.39, 0.29) is 11.8 Å². The lowest BCUT2D eigenvalue weighted by molar-refractivity contribution is -0.133. The number of benzene rings is 1. The highest BCUT2D eigenvalue weighted by atomic mass is 16.5. The summed E-state index contributed by atoms with van der Waals surface area (Å²) in [6, 6.07) is 8.96. The van der Waals surface area contributed by atoms with Crippen LogP contribution in [0.3, 0.4) is 0 Å². The van der Waals surface area contributed by atoms with E-state index < -0.39 is 0 Å². The van der Waals surface area contributed by atoms with Gasteiger partial charge in [-0.25, -0.2) is 0 Å². The molecule has 1 aliphatic rings. The molecule has 2 aromatic rings. The van der Waals surface area contributed by atoms with Crippen molar-refractivity contribution in [2.75, 3.05) is 46.4 Å². The van der Waals surface area contributed by atoms with E-state index in [0.717, 1.165) is 51.4 Å². The topological polar surface area (TPSA) is 79.7 Å². The molecule has 2 amide bonds. The van der Waals surface area contributed by atoms with Crippen LogP contribution in [0.5, 0.6) is 5.75 Å². The van der Waals surface area contributed by atoms with Crippen LogP contribution in [0.15, 0.2) is 42.7 Å². The maximum Gasteiger partial charge on any atom is 0.251 e. The zero-order valence-electron chi connectivity index (χ0n) is 16.9. The Morgan fingerprint density at radius 3 is 2.52 bits per heavy atom. The Labute approximate surface area is 171 Å². The minimum absolute atomic E-state index is 0.0846. The highest BCUT2D eigenvalue weighted by Crippen LogP contribution is 2.11. The van der Waals surface area contributed by atoms with Crippen LogP contribution >= 0.6 is 0 Å². The summed E-state index contributed by atoms with van der Waals surface area (Å²) in [7, 11) is 1.60. The molecule has 0 spiro atoms. The quantitative estimate of drug-likeness (QED) is 0.686. The number of carbonyl (C=O) groups excluding carboxylic acids is 2. The van der Waals surface area contributed by atoms with E-state index in [2.05, 4.69) is 15.3 Å². The van der Waals surface area contributed by atoms with Crippen molar-refractivity contribution in [3.05, 3.63) is 48.3 Å². The fraction of sp³-hybridized carbons (Fsp3) is 0.476. The maximum absolute atomic E-state index is 12.4. The summed E-state index contributed by atoms with van der Waals surface area (Å²) in [5.74, 6) is 0.860. The molecule has 1 N–H and O–H groups in total. The van der Waals surface area contributed by atoms with Crippen molar-refractivity contribution in [2.24, 2.45) is 0 Å². The van der Waals surface area contributed by atoms with Gasteiger partial charge in [0.25, 0.3) is 5.91 Å². The van der Waals surface area contributed by atoms with Gasteiger partial charge in [0, 0.05) is 70.2 Å². The average Bonchev–Trinajstić information content (AvgIpc) is 3.27. The fourth-order valence-electron chi connectivity index (χ4n) is 3.38.